The number of hydrogen-bond donors (Lipinski definition) is 0. The summed E-state index contributed by atoms with van der Waals surface area (Å²) in [7, 11) is 0. The van der Waals surface area contributed by atoms with Crippen molar-refractivity contribution in [2.24, 2.45) is 0 Å². The summed E-state index contributed by atoms with van der Waals surface area (Å²) in [6.07, 6.45) is -3.05. The summed E-state index contributed by atoms with van der Waals surface area (Å²) in [4.78, 5) is 0. The van der Waals surface area contributed by atoms with Gasteiger partial charge < -0.3 is 0 Å². The molecule has 0 spiro atoms. The average Bonchev–Trinajstić information content (AvgIpc) is 2.02. The van der Waals surface area contributed by atoms with Crippen molar-refractivity contribution in [2.45, 2.75) is 6.18 Å². The third kappa shape index (κ3) is 2.97. The lowest BCUT2D eigenvalue weighted by Gasteiger charge is -2.08. The molecule has 0 saturated carbocycles. The van der Waals surface area contributed by atoms with Crippen molar-refractivity contribution in [1.82, 2.24) is 0 Å². The normalized spacial score (nSPS) is 11.8. The average molecular weight is 270 g/mol. The third-order valence-electron chi connectivity index (χ3n) is 1.56. The fourth-order valence-electron chi connectivity index (χ4n) is 0.983. The van der Waals surface area contributed by atoms with Gasteiger partial charge in [0.15, 0.2) is 0 Å². The Morgan fingerprint density at radius 1 is 1.21 bits per heavy atom. The van der Waals surface area contributed by atoms with Crippen LogP contribution >= 0.6 is 15.9 Å². The van der Waals surface area contributed by atoms with Crippen molar-refractivity contribution < 1.29 is 17.6 Å². The minimum absolute atomic E-state index is 0.217. The van der Waals surface area contributed by atoms with E-state index in [1.165, 1.54) is 6.42 Å². The van der Waals surface area contributed by atoms with Crippen molar-refractivity contribution in [3.63, 3.8) is 0 Å². The quantitative estimate of drug-likeness (QED) is 0.566. The van der Waals surface area contributed by atoms with Gasteiger partial charge in [0.1, 0.15) is 5.82 Å². The Hall–Kier alpha value is -0.580. The van der Waals surface area contributed by atoms with Crippen LogP contribution < -0.4 is 0 Å². The van der Waals surface area contributed by atoms with Crippen LogP contribution in [0.1, 0.15) is 11.1 Å². The Labute approximate surface area is 87.1 Å². The molecule has 1 radical (unpaired) electrons. The Morgan fingerprint density at radius 3 is 2.36 bits per heavy atom. The Kier molecular flexibility index (Phi) is 3.53. The minimum Gasteiger partial charge on any atom is -0.207 e. The van der Waals surface area contributed by atoms with Gasteiger partial charge in [-0.2, -0.15) is 13.2 Å². The molecule has 0 atom stereocenters. The van der Waals surface area contributed by atoms with E-state index in [9.17, 15) is 17.6 Å². The van der Waals surface area contributed by atoms with E-state index in [1.807, 2.05) is 0 Å². The molecule has 77 valence electrons. The van der Waals surface area contributed by atoms with Crippen molar-refractivity contribution in [1.29, 1.82) is 0 Å². The van der Waals surface area contributed by atoms with Crippen LogP contribution in [0.3, 0.4) is 0 Å². The minimum atomic E-state index is -4.50. The lowest BCUT2D eigenvalue weighted by atomic mass is 10.1. The fraction of sp³-hybridized carbons (Fsp3) is 0.222. The van der Waals surface area contributed by atoms with Crippen LogP contribution in [0.25, 0.3) is 0 Å². The molecular weight excluding hydrogens is 264 g/mol. The first-order valence-electron chi connectivity index (χ1n) is 3.70. The van der Waals surface area contributed by atoms with E-state index in [0.717, 1.165) is 12.1 Å². The predicted octanol–water partition coefficient (Wildman–Crippen LogP) is 3.79. The molecule has 0 bridgehead atoms. The van der Waals surface area contributed by atoms with Gasteiger partial charge in [0.25, 0.3) is 0 Å². The molecule has 1 aromatic rings. The van der Waals surface area contributed by atoms with Gasteiger partial charge in [0.05, 0.1) is 5.56 Å². The lowest BCUT2D eigenvalue weighted by molar-refractivity contribution is -0.137. The van der Waals surface area contributed by atoms with Crippen molar-refractivity contribution in [3.05, 3.63) is 41.6 Å². The zero-order valence-electron chi connectivity index (χ0n) is 6.91. The summed E-state index contributed by atoms with van der Waals surface area (Å²) in [5, 5.41) is 0.383. The molecule has 0 fully saturated rings. The maximum atomic E-state index is 12.7. The first-order chi connectivity index (χ1) is 6.43. The van der Waals surface area contributed by atoms with Crippen molar-refractivity contribution in [2.75, 3.05) is 5.33 Å². The monoisotopic (exact) mass is 269 g/mol. The van der Waals surface area contributed by atoms with Crippen LogP contribution in [0.4, 0.5) is 17.6 Å². The maximum Gasteiger partial charge on any atom is 0.416 e. The van der Waals surface area contributed by atoms with Crippen LogP contribution in [0, 0.1) is 12.2 Å². The summed E-state index contributed by atoms with van der Waals surface area (Å²) in [6.45, 7) is 0. The molecule has 1 aromatic carbocycles. The molecule has 5 heteroatoms. The van der Waals surface area contributed by atoms with Crippen LogP contribution in [-0.2, 0) is 6.18 Å². The van der Waals surface area contributed by atoms with Gasteiger partial charge in [0.2, 0.25) is 0 Å². The number of alkyl halides is 4. The molecule has 0 aliphatic rings. The number of rotatable bonds is 2. The van der Waals surface area contributed by atoms with Gasteiger partial charge in [-0.15, -0.1) is 0 Å². The fourth-order valence-corrected chi connectivity index (χ4v) is 1.36. The van der Waals surface area contributed by atoms with Gasteiger partial charge in [-0.05, 0) is 23.8 Å². The zero-order chi connectivity index (χ0) is 10.8. The molecule has 1 rings (SSSR count). The summed E-state index contributed by atoms with van der Waals surface area (Å²) >= 11 is 3.03. The molecule has 0 N–H and O–H groups in total. The van der Waals surface area contributed by atoms with E-state index in [4.69, 9.17) is 0 Å². The van der Waals surface area contributed by atoms with Crippen LogP contribution in [0.15, 0.2) is 18.2 Å². The molecular formula is C9H6BrF4. The number of benzene rings is 1. The van der Waals surface area contributed by atoms with E-state index >= 15 is 0 Å². The predicted molar refractivity (Wildman–Crippen MR) is 48.6 cm³/mol. The largest absolute Gasteiger partial charge is 0.416 e. The molecule has 0 unspecified atom stereocenters. The van der Waals surface area contributed by atoms with E-state index in [1.54, 1.807) is 0 Å². The lowest BCUT2D eigenvalue weighted by Crippen LogP contribution is -2.06. The molecule has 14 heavy (non-hydrogen) atoms. The van der Waals surface area contributed by atoms with Gasteiger partial charge in [-0.1, -0.05) is 15.9 Å². The Bertz CT molecular complexity index is 319. The molecule has 0 amide bonds. The standard InChI is InChI=1S/C9H6BrF4/c10-2-1-6-3-7(9(12,13)14)5-8(11)4-6/h1,3-5H,2H2. The highest BCUT2D eigenvalue weighted by Gasteiger charge is 2.31. The Morgan fingerprint density at radius 2 is 1.86 bits per heavy atom. The highest BCUT2D eigenvalue weighted by molar-refractivity contribution is 9.09. The Balaban J connectivity index is 3.07. The van der Waals surface area contributed by atoms with Gasteiger partial charge in [-0.25, -0.2) is 4.39 Å². The first kappa shape index (κ1) is 11.5. The smallest absolute Gasteiger partial charge is 0.207 e. The third-order valence-corrected chi connectivity index (χ3v) is 1.88. The number of hydrogen-bond acceptors (Lipinski definition) is 0. The zero-order valence-corrected chi connectivity index (χ0v) is 8.49. The SMILES string of the molecule is Fc1cc([CH]CBr)cc(C(F)(F)F)c1. The highest BCUT2D eigenvalue weighted by atomic mass is 79.9. The second-order valence-electron chi connectivity index (χ2n) is 2.63. The topological polar surface area (TPSA) is 0 Å². The van der Waals surface area contributed by atoms with Crippen molar-refractivity contribution in [3.8, 4) is 0 Å². The molecule has 0 saturated heterocycles. The van der Waals surface area contributed by atoms with E-state index in [2.05, 4.69) is 15.9 Å². The summed E-state index contributed by atoms with van der Waals surface area (Å²) < 4.78 is 49.3. The summed E-state index contributed by atoms with van der Waals surface area (Å²) in [5.41, 5.74) is -0.751. The second-order valence-corrected chi connectivity index (χ2v) is 3.28. The van der Waals surface area contributed by atoms with E-state index in [0.29, 0.717) is 11.4 Å². The summed E-state index contributed by atoms with van der Waals surface area (Å²) in [6, 6.07) is 2.44. The molecule has 0 aliphatic carbocycles. The second kappa shape index (κ2) is 4.29. The van der Waals surface area contributed by atoms with Crippen LogP contribution in [0.2, 0.25) is 0 Å². The summed E-state index contributed by atoms with van der Waals surface area (Å²) in [5.74, 6) is -0.882. The van der Waals surface area contributed by atoms with Gasteiger partial charge in [-0.3, -0.25) is 0 Å². The van der Waals surface area contributed by atoms with E-state index in [-0.39, 0.29) is 5.56 Å². The van der Waals surface area contributed by atoms with Gasteiger partial charge >= 0.3 is 6.18 Å². The molecule has 0 aromatic heterocycles. The van der Waals surface area contributed by atoms with Crippen molar-refractivity contribution >= 4 is 15.9 Å². The highest BCUT2D eigenvalue weighted by Crippen LogP contribution is 2.30. The molecule has 0 heterocycles. The first-order valence-corrected chi connectivity index (χ1v) is 4.82. The maximum absolute atomic E-state index is 12.7. The molecule has 0 aliphatic heterocycles. The molecule has 0 nitrogen and oxygen atoms in total. The van der Waals surface area contributed by atoms with E-state index < -0.39 is 17.6 Å². The van der Waals surface area contributed by atoms with Crippen LogP contribution in [-0.4, -0.2) is 5.33 Å². The van der Waals surface area contributed by atoms with Crippen LogP contribution in [0.5, 0.6) is 0 Å². The van der Waals surface area contributed by atoms with Gasteiger partial charge in [0, 0.05) is 11.8 Å². The number of halogens is 5.